The molecule has 1 aromatic heterocycles. The van der Waals surface area contributed by atoms with Crippen LogP contribution in [0.2, 0.25) is 5.02 Å². The van der Waals surface area contributed by atoms with Crippen LogP contribution < -0.4 is 0 Å². The van der Waals surface area contributed by atoms with E-state index in [0.29, 0.717) is 22.4 Å². The first kappa shape index (κ1) is 13.9. The van der Waals surface area contributed by atoms with Crippen LogP contribution in [0.4, 0.5) is 0 Å². The maximum atomic E-state index is 10.9. The number of H-pyrrole nitrogens is 1. The van der Waals surface area contributed by atoms with Crippen LogP contribution >= 0.6 is 23.4 Å². The van der Waals surface area contributed by atoms with Gasteiger partial charge in [0.05, 0.1) is 0 Å². The van der Waals surface area contributed by atoms with Crippen LogP contribution in [0.1, 0.15) is 13.3 Å². The van der Waals surface area contributed by atoms with Gasteiger partial charge in [-0.1, -0.05) is 30.3 Å². The highest BCUT2D eigenvalue weighted by Gasteiger charge is 2.19. The van der Waals surface area contributed by atoms with E-state index in [2.05, 4.69) is 15.2 Å². The number of nitrogens with one attached hydrogen (secondary N) is 1. The van der Waals surface area contributed by atoms with Crippen LogP contribution in [0.3, 0.4) is 0 Å². The number of nitrogens with zero attached hydrogens (tertiary/aromatic N) is 2. The van der Waals surface area contributed by atoms with Crippen LogP contribution in [0.25, 0.3) is 11.4 Å². The molecule has 1 heterocycles. The Morgan fingerprint density at radius 1 is 1.47 bits per heavy atom. The van der Waals surface area contributed by atoms with Crippen LogP contribution in [0, 0.1) is 0 Å². The lowest BCUT2D eigenvalue weighted by Crippen LogP contribution is -2.14. The molecule has 0 fully saturated rings. The van der Waals surface area contributed by atoms with Gasteiger partial charge in [0.2, 0.25) is 5.16 Å². The molecule has 0 bridgehead atoms. The van der Waals surface area contributed by atoms with Gasteiger partial charge in [-0.15, -0.1) is 5.10 Å². The van der Waals surface area contributed by atoms with Crippen molar-refractivity contribution in [2.75, 3.05) is 0 Å². The second-order valence-corrected chi connectivity index (χ2v) is 5.43. The molecule has 0 radical (unpaired) electrons. The van der Waals surface area contributed by atoms with Gasteiger partial charge in [0.1, 0.15) is 5.25 Å². The Balaban J connectivity index is 2.15. The molecule has 7 heteroatoms. The maximum Gasteiger partial charge on any atom is 0.317 e. The minimum Gasteiger partial charge on any atom is -0.480 e. The molecule has 0 saturated heterocycles. The molecule has 5 nitrogen and oxygen atoms in total. The molecule has 0 spiro atoms. The number of benzene rings is 1. The number of aromatic amines is 1. The van der Waals surface area contributed by atoms with Gasteiger partial charge in [0.15, 0.2) is 5.82 Å². The van der Waals surface area contributed by atoms with Crippen molar-refractivity contribution in [2.24, 2.45) is 0 Å². The Morgan fingerprint density at radius 2 is 2.16 bits per heavy atom. The smallest absolute Gasteiger partial charge is 0.317 e. The number of hydrogen-bond acceptors (Lipinski definition) is 4. The lowest BCUT2D eigenvalue weighted by Gasteiger charge is -2.04. The molecule has 19 heavy (non-hydrogen) atoms. The number of carboxylic acid groups (broad SMARTS) is 1. The summed E-state index contributed by atoms with van der Waals surface area (Å²) in [6, 6.07) is 7.17. The van der Waals surface area contributed by atoms with Gasteiger partial charge in [-0.2, -0.15) is 0 Å². The van der Waals surface area contributed by atoms with Crippen molar-refractivity contribution in [2.45, 2.75) is 23.8 Å². The first-order valence-electron chi connectivity index (χ1n) is 5.68. The summed E-state index contributed by atoms with van der Waals surface area (Å²) in [5.74, 6) is -0.259. The number of halogens is 1. The van der Waals surface area contributed by atoms with E-state index >= 15 is 0 Å². The van der Waals surface area contributed by atoms with Crippen molar-refractivity contribution in [3.63, 3.8) is 0 Å². The lowest BCUT2D eigenvalue weighted by atomic mass is 10.2. The quantitative estimate of drug-likeness (QED) is 0.829. The van der Waals surface area contributed by atoms with Gasteiger partial charge in [-0.05, 0) is 30.7 Å². The topological polar surface area (TPSA) is 78.9 Å². The number of aromatic nitrogens is 3. The number of carbonyl (C=O) groups is 1. The van der Waals surface area contributed by atoms with Crippen LogP contribution in [-0.2, 0) is 4.79 Å². The fourth-order valence-corrected chi connectivity index (χ4v) is 2.36. The molecule has 1 atom stereocenters. The normalized spacial score (nSPS) is 12.3. The van der Waals surface area contributed by atoms with Crippen molar-refractivity contribution >= 4 is 29.3 Å². The largest absolute Gasteiger partial charge is 0.480 e. The van der Waals surface area contributed by atoms with Gasteiger partial charge < -0.3 is 5.11 Å². The first-order chi connectivity index (χ1) is 9.10. The predicted octanol–water partition coefficient (Wildman–Crippen LogP) is 3.08. The molecule has 2 rings (SSSR count). The zero-order valence-corrected chi connectivity index (χ0v) is 11.7. The average molecular weight is 298 g/mol. The Morgan fingerprint density at radius 3 is 2.74 bits per heavy atom. The Bertz CT molecular complexity index is 571. The summed E-state index contributed by atoms with van der Waals surface area (Å²) in [6.07, 6.45) is 0.519. The molecule has 2 aromatic rings. The second-order valence-electron chi connectivity index (χ2n) is 3.83. The Labute approximate surface area is 119 Å². The highest BCUT2D eigenvalue weighted by molar-refractivity contribution is 8.00. The molecule has 1 aromatic carbocycles. The number of aliphatic carboxylic acids is 1. The zero-order valence-electron chi connectivity index (χ0n) is 10.1. The molecule has 0 aliphatic rings. The highest BCUT2D eigenvalue weighted by atomic mass is 35.5. The number of carboxylic acids is 1. The van der Waals surface area contributed by atoms with Gasteiger partial charge in [0, 0.05) is 10.6 Å². The molecule has 0 aliphatic heterocycles. The summed E-state index contributed by atoms with van der Waals surface area (Å²) < 4.78 is 0. The van der Waals surface area contributed by atoms with Crippen molar-refractivity contribution in [1.82, 2.24) is 15.2 Å². The molecule has 2 N–H and O–H groups in total. The monoisotopic (exact) mass is 297 g/mol. The SMILES string of the molecule is CC[C@@H](Sc1n[nH]c(-c2ccc(Cl)cc2)n1)C(=O)O. The third-order valence-electron chi connectivity index (χ3n) is 2.48. The summed E-state index contributed by atoms with van der Waals surface area (Å²) in [7, 11) is 0. The van der Waals surface area contributed by atoms with Crippen LogP contribution in [0.5, 0.6) is 0 Å². The summed E-state index contributed by atoms with van der Waals surface area (Å²) in [6.45, 7) is 1.82. The van der Waals surface area contributed by atoms with Crippen molar-refractivity contribution in [1.29, 1.82) is 0 Å². The average Bonchev–Trinajstić information content (AvgIpc) is 2.85. The van der Waals surface area contributed by atoms with Gasteiger partial charge >= 0.3 is 5.97 Å². The van der Waals surface area contributed by atoms with Gasteiger partial charge in [-0.25, -0.2) is 4.98 Å². The van der Waals surface area contributed by atoms with Crippen molar-refractivity contribution in [3.8, 4) is 11.4 Å². The number of hydrogen-bond donors (Lipinski definition) is 2. The lowest BCUT2D eigenvalue weighted by molar-refractivity contribution is -0.136. The fourth-order valence-electron chi connectivity index (χ4n) is 1.47. The van der Waals surface area contributed by atoms with E-state index in [1.807, 2.05) is 19.1 Å². The van der Waals surface area contributed by atoms with E-state index in [4.69, 9.17) is 16.7 Å². The minimum atomic E-state index is -0.856. The van der Waals surface area contributed by atoms with E-state index in [1.165, 1.54) is 0 Å². The van der Waals surface area contributed by atoms with Crippen molar-refractivity contribution < 1.29 is 9.90 Å². The standard InChI is InChI=1S/C12H12ClN3O2S/c1-2-9(11(17)18)19-12-14-10(15-16-12)7-3-5-8(13)6-4-7/h3-6,9H,2H2,1H3,(H,17,18)(H,14,15,16)/t9-/m1/s1. The third-order valence-corrected chi connectivity index (χ3v) is 3.94. The van der Waals surface area contributed by atoms with E-state index in [-0.39, 0.29) is 0 Å². The van der Waals surface area contributed by atoms with Gasteiger partial charge in [0.25, 0.3) is 0 Å². The molecule has 100 valence electrons. The highest BCUT2D eigenvalue weighted by Crippen LogP contribution is 2.25. The molecular weight excluding hydrogens is 286 g/mol. The zero-order chi connectivity index (χ0) is 13.8. The Kier molecular flexibility index (Phi) is 4.44. The third kappa shape index (κ3) is 3.48. The summed E-state index contributed by atoms with van der Waals surface area (Å²) >= 11 is 6.95. The van der Waals surface area contributed by atoms with E-state index in [1.54, 1.807) is 12.1 Å². The van der Waals surface area contributed by atoms with Crippen molar-refractivity contribution in [3.05, 3.63) is 29.3 Å². The molecule has 0 amide bonds. The first-order valence-corrected chi connectivity index (χ1v) is 6.93. The Hall–Kier alpha value is -1.53. The van der Waals surface area contributed by atoms with Gasteiger partial charge in [-0.3, -0.25) is 9.89 Å². The number of rotatable bonds is 5. The predicted molar refractivity (Wildman–Crippen MR) is 74.4 cm³/mol. The molecule has 0 unspecified atom stereocenters. The van der Waals surface area contributed by atoms with E-state index in [0.717, 1.165) is 17.3 Å². The summed E-state index contributed by atoms with van der Waals surface area (Å²) in [5.41, 5.74) is 0.854. The fraction of sp³-hybridized carbons (Fsp3) is 0.250. The second kappa shape index (κ2) is 6.08. The summed E-state index contributed by atoms with van der Waals surface area (Å²) in [4.78, 5) is 15.2. The molecular formula is C12H12ClN3O2S. The summed E-state index contributed by atoms with van der Waals surface area (Å²) in [5, 5.41) is 16.3. The molecule has 0 saturated carbocycles. The van der Waals surface area contributed by atoms with E-state index < -0.39 is 11.2 Å². The number of thioether (sulfide) groups is 1. The van der Waals surface area contributed by atoms with Crippen LogP contribution in [0.15, 0.2) is 29.4 Å². The van der Waals surface area contributed by atoms with Crippen LogP contribution in [-0.4, -0.2) is 31.5 Å². The minimum absolute atomic E-state index is 0.430. The molecule has 0 aliphatic carbocycles. The maximum absolute atomic E-state index is 10.9. The van der Waals surface area contributed by atoms with E-state index in [9.17, 15) is 4.79 Å².